The molecule has 1 saturated carbocycles. The van der Waals surface area contributed by atoms with Crippen molar-refractivity contribution >= 4 is 44.5 Å². The highest BCUT2D eigenvalue weighted by Crippen LogP contribution is 2.59. The van der Waals surface area contributed by atoms with Crippen molar-refractivity contribution in [2.75, 3.05) is 5.32 Å². The smallest absolute Gasteiger partial charge is 0.248 e. The van der Waals surface area contributed by atoms with Crippen LogP contribution < -0.4 is 5.32 Å². The van der Waals surface area contributed by atoms with Crippen LogP contribution in [0.5, 0.6) is 0 Å². The van der Waals surface area contributed by atoms with Crippen molar-refractivity contribution in [2.45, 2.75) is 65.3 Å². The Morgan fingerprint density at radius 2 is 1.93 bits per heavy atom. The summed E-state index contributed by atoms with van der Waals surface area (Å²) in [4.78, 5) is 42.0. The van der Waals surface area contributed by atoms with E-state index in [4.69, 9.17) is 0 Å². The number of anilines is 1. The Bertz CT molecular complexity index is 1650. The molecule has 4 atom stereocenters. The molecule has 1 aromatic carbocycles. The molecule has 40 heavy (non-hydrogen) atoms. The second-order valence-electron chi connectivity index (χ2n) is 11.3. The summed E-state index contributed by atoms with van der Waals surface area (Å²) in [5, 5.41) is 14.4. The highest BCUT2D eigenvalue weighted by Gasteiger charge is 2.64. The number of carbonyl (C=O) groups is 2. The van der Waals surface area contributed by atoms with Crippen LogP contribution in [0.25, 0.3) is 22.0 Å². The summed E-state index contributed by atoms with van der Waals surface area (Å²) in [6.07, 6.45) is 6.23. The summed E-state index contributed by atoms with van der Waals surface area (Å²) in [7, 11) is 0. The van der Waals surface area contributed by atoms with Gasteiger partial charge in [0.1, 0.15) is 28.8 Å². The minimum Gasteiger partial charge on any atom is -0.389 e. The number of likely N-dealkylation sites (tertiary alicyclic amines) is 1. The maximum absolute atomic E-state index is 13.9. The molecule has 4 heterocycles. The van der Waals surface area contributed by atoms with Crippen molar-refractivity contribution in [1.82, 2.24) is 24.4 Å². The molecule has 2 fully saturated rings. The Hall–Kier alpha value is -3.63. The summed E-state index contributed by atoms with van der Waals surface area (Å²) in [6, 6.07) is 8.88. The number of halogens is 1. The van der Waals surface area contributed by atoms with E-state index in [9.17, 15) is 14.7 Å². The van der Waals surface area contributed by atoms with Crippen molar-refractivity contribution < 1.29 is 14.7 Å². The second kappa shape index (κ2) is 9.78. The molecule has 6 rings (SSSR count). The summed E-state index contributed by atoms with van der Waals surface area (Å²) in [6.45, 7) is 7.78. The van der Waals surface area contributed by atoms with Crippen LogP contribution in [0.3, 0.4) is 0 Å². The zero-order chi connectivity index (χ0) is 28.3. The third-order valence-electron chi connectivity index (χ3n) is 8.26. The summed E-state index contributed by atoms with van der Waals surface area (Å²) in [5.74, 6) is 0.805. The van der Waals surface area contributed by atoms with Gasteiger partial charge in [-0.2, -0.15) is 0 Å². The molecule has 4 aromatic rings. The minimum absolute atomic E-state index is 0.0403. The molecule has 2 amide bonds. The largest absolute Gasteiger partial charge is 0.389 e. The molecule has 2 N–H and O–H groups in total. The maximum Gasteiger partial charge on any atom is 0.248 e. The Balaban J connectivity index is 1.31. The number of hydrogen-bond donors (Lipinski definition) is 2. The number of aromatic nitrogens is 4. The van der Waals surface area contributed by atoms with Gasteiger partial charge in [-0.25, -0.2) is 15.0 Å². The minimum atomic E-state index is -0.725. The first-order valence-corrected chi connectivity index (χ1v) is 14.2. The fourth-order valence-corrected chi connectivity index (χ4v) is 6.47. The van der Waals surface area contributed by atoms with E-state index >= 15 is 0 Å². The molecule has 206 valence electrons. The van der Waals surface area contributed by atoms with Crippen molar-refractivity contribution in [2.24, 2.45) is 5.41 Å². The highest BCUT2D eigenvalue weighted by atomic mass is 79.9. The molecule has 0 bridgehead atoms. The monoisotopic (exact) mass is 602 g/mol. The average molecular weight is 604 g/mol. The number of rotatable bonds is 6. The quantitative estimate of drug-likeness (QED) is 0.302. The Kier molecular flexibility index (Phi) is 6.50. The van der Waals surface area contributed by atoms with Crippen molar-refractivity contribution in [3.63, 3.8) is 0 Å². The van der Waals surface area contributed by atoms with Crippen LogP contribution in [0.1, 0.15) is 49.7 Å². The van der Waals surface area contributed by atoms with Gasteiger partial charge in [0.05, 0.1) is 11.6 Å². The Morgan fingerprint density at radius 1 is 1.18 bits per heavy atom. The molecule has 1 unspecified atom stereocenters. The number of carbonyl (C=O) groups excluding carboxylic acids is 2. The maximum atomic E-state index is 13.9. The number of hydrogen-bond acceptors (Lipinski definition) is 6. The first kappa shape index (κ1) is 26.6. The third kappa shape index (κ3) is 4.69. The molecule has 9 nitrogen and oxygen atoms in total. The van der Waals surface area contributed by atoms with Gasteiger partial charge < -0.3 is 19.9 Å². The first-order valence-electron chi connectivity index (χ1n) is 13.4. The van der Waals surface area contributed by atoms with Gasteiger partial charge in [-0.3, -0.25) is 9.59 Å². The van der Waals surface area contributed by atoms with Crippen molar-refractivity contribution in [1.29, 1.82) is 0 Å². The number of aryl methyl sites for hydroxylation is 2. The molecule has 10 heteroatoms. The molecule has 1 saturated heterocycles. The van der Waals surface area contributed by atoms with Gasteiger partial charge in [0.25, 0.3) is 0 Å². The third-order valence-corrected chi connectivity index (χ3v) is 8.70. The van der Waals surface area contributed by atoms with Crippen molar-refractivity contribution in [3.05, 3.63) is 70.5 Å². The van der Waals surface area contributed by atoms with Crippen LogP contribution in [0.15, 0.2) is 53.5 Å². The molecular weight excluding hydrogens is 572 g/mol. The van der Waals surface area contributed by atoms with E-state index in [0.717, 1.165) is 39.6 Å². The van der Waals surface area contributed by atoms with E-state index in [2.05, 4.69) is 49.2 Å². The summed E-state index contributed by atoms with van der Waals surface area (Å²) in [5.41, 5.74) is 4.39. The Morgan fingerprint density at radius 3 is 2.62 bits per heavy atom. The zero-order valence-corrected chi connectivity index (χ0v) is 24.4. The van der Waals surface area contributed by atoms with Gasteiger partial charge >= 0.3 is 0 Å². The van der Waals surface area contributed by atoms with Crippen LogP contribution in [-0.2, 0) is 16.1 Å². The SMILES string of the molecule is Cc1ncc(-c2cc(C)c3c(c2)c(C(C)O)cn3CC(=O)N2[C@H](C(=O)Nc3cccc(Br)n3)C[C@@]3(C)C[C@@H]23)cn1. The molecular formula is C30H31BrN6O3. The Labute approximate surface area is 240 Å². The number of aliphatic hydroxyl groups excluding tert-OH is 1. The zero-order valence-electron chi connectivity index (χ0n) is 22.8. The van der Waals surface area contributed by atoms with Crippen LogP contribution in [-0.4, -0.2) is 53.4 Å². The molecule has 3 aromatic heterocycles. The van der Waals surface area contributed by atoms with E-state index in [-0.39, 0.29) is 29.8 Å². The normalized spacial score (nSPS) is 22.3. The lowest BCUT2D eigenvalue weighted by Gasteiger charge is -2.27. The van der Waals surface area contributed by atoms with Gasteiger partial charge in [-0.1, -0.05) is 13.0 Å². The van der Waals surface area contributed by atoms with E-state index in [1.807, 2.05) is 30.7 Å². The fraction of sp³-hybridized carbons (Fsp3) is 0.367. The number of pyridine rings is 1. The van der Waals surface area contributed by atoms with Crippen LogP contribution in [0.2, 0.25) is 0 Å². The molecule has 1 aliphatic heterocycles. The number of benzene rings is 1. The standard InChI is InChI=1S/C30H31BrN6O3/c1-16-8-19(20-12-32-18(3)33-13-20)9-21-22(17(2)38)14-36(28(16)21)15-27(39)37-23(10-30(4)11-24(30)37)29(40)35-26-7-5-6-25(31)34-26/h5-9,12-14,17,23-24,38H,10-11,15H2,1-4H3,(H,34,35,40)/t17?,23-,24+,30-/m0/s1. The first-order chi connectivity index (χ1) is 19.0. The topological polar surface area (TPSA) is 113 Å². The lowest BCUT2D eigenvalue weighted by molar-refractivity contribution is -0.138. The van der Waals surface area contributed by atoms with Gasteiger partial charge in [-0.15, -0.1) is 0 Å². The van der Waals surface area contributed by atoms with Gasteiger partial charge in [0, 0.05) is 41.1 Å². The fourth-order valence-electron chi connectivity index (χ4n) is 6.12. The average Bonchev–Trinajstić information content (AvgIpc) is 3.25. The van der Waals surface area contributed by atoms with Crippen LogP contribution in [0.4, 0.5) is 5.82 Å². The van der Waals surface area contributed by atoms with Crippen LogP contribution in [0, 0.1) is 19.3 Å². The number of nitrogens with one attached hydrogen (secondary N) is 1. The number of fused-ring (bicyclic) bond motifs is 2. The number of piperidine rings is 1. The van der Waals surface area contributed by atoms with E-state index in [1.54, 1.807) is 42.4 Å². The van der Waals surface area contributed by atoms with E-state index in [1.165, 1.54) is 0 Å². The second-order valence-corrected chi connectivity index (χ2v) is 12.1. The number of nitrogens with zero attached hydrogens (tertiary/aromatic N) is 5. The molecule has 2 aliphatic rings. The number of aliphatic hydroxyl groups is 1. The van der Waals surface area contributed by atoms with Crippen molar-refractivity contribution in [3.8, 4) is 11.1 Å². The van der Waals surface area contributed by atoms with E-state index in [0.29, 0.717) is 22.7 Å². The number of amides is 2. The molecule has 0 spiro atoms. The van der Waals surface area contributed by atoms with E-state index < -0.39 is 12.1 Å². The lowest BCUT2D eigenvalue weighted by atomic mass is 10.00. The summed E-state index contributed by atoms with van der Waals surface area (Å²) >= 11 is 3.34. The van der Waals surface area contributed by atoms with Crippen LogP contribution >= 0.6 is 15.9 Å². The van der Waals surface area contributed by atoms with Gasteiger partial charge in [0.15, 0.2) is 0 Å². The highest BCUT2D eigenvalue weighted by molar-refractivity contribution is 9.10. The molecule has 1 aliphatic carbocycles. The predicted octanol–water partition coefficient (Wildman–Crippen LogP) is 4.94. The lowest BCUT2D eigenvalue weighted by Crippen LogP contribution is -2.46. The van der Waals surface area contributed by atoms with Gasteiger partial charge in [-0.05, 0) is 90.4 Å². The summed E-state index contributed by atoms with van der Waals surface area (Å²) < 4.78 is 2.54. The van der Waals surface area contributed by atoms with Gasteiger partial charge in [0.2, 0.25) is 11.8 Å². The predicted molar refractivity (Wildman–Crippen MR) is 155 cm³/mol. The molecule has 0 radical (unpaired) electrons.